The Labute approximate surface area is 185 Å². The first-order valence-electron chi connectivity index (χ1n) is 10.8. The molecular formula is C25H32N4O2. The highest BCUT2D eigenvalue weighted by molar-refractivity contribution is 5.70. The van der Waals surface area contributed by atoms with Crippen molar-refractivity contribution in [3.63, 3.8) is 0 Å². The molecule has 0 spiro atoms. The van der Waals surface area contributed by atoms with E-state index in [-0.39, 0.29) is 17.9 Å². The van der Waals surface area contributed by atoms with Gasteiger partial charge < -0.3 is 9.47 Å². The lowest BCUT2D eigenvalue weighted by molar-refractivity contribution is 0.231. The lowest BCUT2D eigenvalue weighted by Crippen LogP contribution is -2.17. The lowest BCUT2D eigenvalue weighted by Gasteiger charge is -2.21. The van der Waals surface area contributed by atoms with Crippen molar-refractivity contribution in [3.05, 3.63) is 59.4 Å². The minimum absolute atomic E-state index is 0.0749. The van der Waals surface area contributed by atoms with Crippen molar-refractivity contribution in [1.29, 1.82) is 0 Å². The predicted molar refractivity (Wildman–Crippen MR) is 123 cm³/mol. The molecule has 0 radical (unpaired) electrons. The molecule has 6 heteroatoms. The number of rotatable bonds is 8. The van der Waals surface area contributed by atoms with Crippen LogP contribution in [0.3, 0.4) is 0 Å². The van der Waals surface area contributed by atoms with Gasteiger partial charge in [-0.15, -0.1) is 0 Å². The summed E-state index contributed by atoms with van der Waals surface area (Å²) in [6.07, 6.45) is 3.79. The number of aryl methyl sites for hydroxylation is 3. The van der Waals surface area contributed by atoms with Crippen LogP contribution in [0.25, 0.3) is 11.1 Å². The van der Waals surface area contributed by atoms with Crippen molar-refractivity contribution in [2.45, 2.75) is 60.5 Å². The maximum absolute atomic E-state index is 6.21. The molecule has 0 unspecified atom stereocenters. The molecule has 0 bridgehead atoms. The van der Waals surface area contributed by atoms with E-state index in [1.54, 1.807) is 6.20 Å². The van der Waals surface area contributed by atoms with Crippen LogP contribution in [0, 0.1) is 26.7 Å². The van der Waals surface area contributed by atoms with Gasteiger partial charge in [0.2, 0.25) is 11.8 Å². The monoisotopic (exact) mass is 420 g/mol. The molecule has 3 aromatic heterocycles. The lowest BCUT2D eigenvalue weighted by atomic mass is 9.93. The third-order valence-corrected chi connectivity index (χ3v) is 5.32. The van der Waals surface area contributed by atoms with Gasteiger partial charge in [0, 0.05) is 41.3 Å². The van der Waals surface area contributed by atoms with E-state index in [1.807, 2.05) is 52.9 Å². The number of hydrogen-bond acceptors (Lipinski definition) is 6. The van der Waals surface area contributed by atoms with Crippen LogP contribution in [0.15, 0.2) is 36.7 Å². The molecule has 3 heterocycles. The standard InChI is InChI=1S/C25H32N4O2/c1-15(2)31-24-11-9-21(19(6)28-24)22-13-26-20(7)29-25(22)30-14-17(4)18(5)23-10-8-16(3)12-27-23/h8-13,15,17-18H,14H2,1-7H3/t17-,18+/m1/s1. The van der Waals surface area contributed by atoms with Crippen molar-refractivity contribution in [1.82, 2.24) is 19.9 Å². The van der Waals surface area contributed by atoms with Gasteiger partial charge >= 0.3 is 0 Å². The maximum Gasteiger partial charge on any atom is 0.224 e. The zero-order chi connectivity index (χ0) is 22.5. The van der Waals surface area contributed by atoms with Gasteiger partial charge in [0.1, 0.15) is 5.82 Å². The summed E-state index contributed by atoms with van der Waals surface area (Å²) in [6.45, 7) is 14.7. The van der Waals surface area contributed by atoms with E-state index in [9.17, 15) is 0 Å². The van der Waals surface area contributed by atoms with Crippen LogP contribution >= 0.6 is 0 Å². The zero-order valence-electron chi connectivity index (χ0n) is 19.5. The zero-order valence-corrected chi connectivity index (χ0v) is 19.5. The summed E-state index contributed by atoms with van der Waals surface area (Å²) in [4.78, 5) is 18.1. The van der Waals surface area contributed by atoms with Crippen molar-refractivity contribution < 1.29 is 9.47 Å². The van der Waals surface area contributed by atoms with Gasteiger partial charge in [-0.25, -0.2) is 9.97 Å². The SMILES string of the molecule is Cc1ccc([C@@H](C)[C@H](C)COc2nc(C)ncc2-c2ccc(OC(C)C)nc2C)nc1. The van der Waals surface area contributed by atoms with Crippen LogP contribution in [0.5, 0.6) is 11.8 Å². The average Bonchev–Trinajstić information content (AvgIpc) is 2.72. The second kappa shape index (κ2) is 9.86. The minimum Gasteiger partial charge on any atom is -0.477 e. The van der Waals surface area contributed by atoms with Crippen LogP contribution in [0.1, 0.15) is 56.4 Å². The van der Waals surface area contributed by atoms with E-state index in [0.717, 1.165) is 28.1 Å². The molecule has 0 aliphatic heterocycles. The molecule has 6 nitrogen and oxygen atoms in total. The van der Waals surface area contributed by atoms with Crippen LogP contribution in [-0.4, -0.2) is 32.6 Å². The van der Waals surface area contributed by atoms with Crippen LogP contribution < -0.4 is 9.47 Å². The summed E-state index contributed by atoms with van der Waals surface area (Å²) in [6, 6.07) is 8.05. The van der Waals surface area contributed by atoms with E-state index in [1.165, 1.54) is 0 Å². The van der Waals surface area contributed by atoms with Gasteiger partial charge in [-0.1, -0.05) is 19.9 Å². The number of pyridine rings is 2. The van der Waals surface area contributed by atoms with E-state index in [0.29, 0.717) is 24.2 Å². The fraction of sp³-hybridized carbons (Fsp3) is 0.440. The van der Waals surface area contributed by atoms with Gasteiger partial charge in [-0.3, -0.25) is 4.98 Å². The number of ether oxygens (including phenoxy) is 2. The summed E-state index contributed by atoms with van der Waals surface area (Å²) in [7, 11) is 0. The maximum atomic E-state index is 6.21. The Kier molecular flexibility index (Phi) is 7.21. The number of aromatic nitrogens is 4. The van der Waals surface area contributed by atoms with Gasteiger partial charge in [-0.05, 0) is 58.2 Å². The summed E-state index contributed by atoms with van der Waals surface area (Å²) in [5.74, 6) is 2.39. The summed E-state index contributed by atoms with van der Waals surface area (Å²) in [5, 5.41) is 0. The molecule has 164 valence electrons. The van der Waals surface area contributed by atoms with Crippen molar-refractivity contribution in [3.8, 4) is 22.9 Å². The average molecular weight is 421 g/mol. The molecule has 31 heavy (non-hydrogen) atoms. The molecule has 0 aromatic carbocycles. The fourth-order valence-corrected chi connectivity index (χ4v) is 3.27. The second-order valence-electron chi connectivity index (χ2n) is 8.42. The Balaban J connectivity index is 1.79. The quantitative estimate of drug-likeness (QED) is 0.482. The smallest absolute Gasteiger partial charge is 0.224 e. The Morgan fingerprint density at radius 2 is 1.61 bits per heavy atom. The van der Waals surface area contributed by atoms with E-state index in [2.05, 4.69) is 45.9 Å². The largest absolute Gasteiger partial charge is 0.477 e. The second-order valence-corrected chi connectivity index (χ2v) is 8.42. The van der Waals surface area contributed by atoms with E-state index >= 15 is 0 Å². The van der Waals surface area contributed by atoms with Gasteiger partial charge in [0.15, 0.2) is 0 Å². The molecular weight excluding hydrogens is 388 g/mol. The van der Waals surface area contributed by atoms with Crippen LogP contribution in [-0.2, 0) is 0 Å². The molecule has 0 aliphatic carbocycles. The summed E-state index contributed by atoms with van der Waals surface area (Å²) < 4.78 is 11.9. The molecule has 3 rings (SSSR count). The molecule has 0 amide bonds. The Hall–Kier alpha value is -3.02. The van der Waals surface area contributed by atoms with E-state index in [4.69, 9.17) is 9.47 Å². The first-order chi connectivity index (χ1) is 14.7. The minimum atomic E-state index is 0.0749. The first-order valence-corrected chi connectivity index (χ1v) is 10.8. The van der Waals surface area contributed by atoms with Crippen molar-refractivity contribution in [2.24, 2.45) is 5.92 Å². The van der Waals surface area contributed by atoms with E-state index < -0.39 is 0 Å². The highest BCUT2D eigenvalue weighted by Crippen LogP contribution is 2.32. The molecule has 0 aliphatic rings. The summed E-state index contributed by atoms with van der Waals surface area (Å²) in [5.41, 5.74) is 4.85. The molecule has 0 fully saturated rings. The molecule has 3 aromatic rings. The third-order valence-electron chi connectivity index (χ3n) is 5.32. The molecule has 0 saturated heterocycles. The fourth-order valence-electron chi connectivity index (χ4n) is 3.27. The highest BCUT2D eigenvalue weighted by atomic mass is 16.5. The topological polar surface area (TPSA) is 70.0 Å². The van der Waals surface area contributed by atoms with Gasteiger partial charge in [0.05, 0.1) is 18.3 Å². The molecule has 2 atom stereocenters. The van der Waals surface area contributed by atoms with Crippen molar-refractivity contribution in [2.75, 3.05) is 6.61 Å². The van der Waals surface area contributed by atoms with Crippen LogP contribution in [0.4, 0.5) is 0 Å². The Bertz CT molecular complexity index is 1020. The first kappa shape index (κ1) is 22.7. The number of hydrogen-bond donors (Lipinski definition) is 0. The van der Waals surface area contributed by atoms with Gasteiger partial charge in [0.25, 0.3) is 0 Å². The number of nitrogens with zero attached hydrogens (tertiary/aromatic N) is 4. The van der Waals surface area contributed by atoms with Crippen LogP contribution in [0.2, 0.25) is 0 Å². The Morgan fingerprint density at radius 3 is 2.26 bits per heavy atom. The summed E-state index contributed by atoms with van der Waals surface area (Å²) >= 11 is 0. The third kappa shape index (κ3) is 5.78. The highest BCUT2D eigenvalue weighted by Gasteiger charge is 2.19. The molecule has 0 N–H and O–H groups in total. The van der Waals surface area contributed by atoms with Gasteiger partial charge in [-0.2, -0.15) is 4.98 Å². The molecule has 0 saturated carbocycles. The Morgan fingerprint density at radius 1 is 0.839 bits per heavy atom. The van der Waals surface area contributed by atoms with Crippen molar-refractivity contribution >= 4 is 0 Å². The normalized spacial score (nSPS) is 13.2. The predicted octanol–water partition coefficient (Wildman–Crippen LogP) is 5.46.